The molecule has 1 unspecified atom stereocenters. The third-order valence-corrected chi connectivity index (χ3v) is 4.51. The van der Waals surface area contributed by atoms with Gasteiger partial charge in [-0.05, 0) is 50.7 Å². The van der Waals surface area contributed by atoms with Crippen LogP contribution in [0.15, 0.2) is 24.3 Å². The van der Waals surface area contributed by atoms with E-state index < -0.39 is 5.91 Å². The van der Waals surface area contributed by atoms with E-state index in [9.17, 15) is 14.4 Å². The van der Waals surface area contributed by atoms with Gasteiger partial charge in [0.2, 0.25) is 11.8 Å². The van der Waals surface area contributed by atoms with Crippen molar-refractivity contribution in [2.45, 2.75) is 18.9 Å². The first-order valence-corrected chi connectivity index (χ1v) is 8.73. The first-order valence-electron chi connectivity index (χ1n) is 8.73. The number of anilines is 1. The molecule has 3 amide bonds. The number of nitrogens with two attached hydrogens (primary N) is 1. The maximum absolute atomic E-state index is 12.7. The molecule has 1 saturated heterocycles. The Kier molecular flexibility index (Phi) is 7.11. The number of likely N-dealkylation sites (tertiary alicyclic amines) is 1. The summed E-state index contributed by atoms with van der Waals surface area (Å²) in [7, 11) is 3.90. The van der Waals surface area contributed by atoms with Gasteiger partial charge in [-0.3, -0.25) is 14.4 Å². The van der Waals surface area contributed by atoms with Gasteiger partial charge in [0.05, 0.1) is 13.1 Å². The normalized spacial score (nSPS) is 17.4. The van der Waals surface area contributed by atoms with Crippen molar-refractivity contribution in [3.05, 3.63) is 29.8 Å². The van der Waals surface area contributed by atoms with E-state index in [1.54, 1.807) is 29.2 Å². The van der Waals surface area contributed by atoms with Crippen LogP contribution in [-0.2, 0) is 9.59 Å². The zero-order valence-electron chi connectivity index (χ0n) is 15.3. The Hall–Kier alpha value is -2.45. The quantitative estimate of drug-likeness (QED) is 0.654. The predicted octanol–water partition coefficient (Wildman–Crippen LogP) is -0.134. The molecule has 1 aliphatic heterocycles. The van der Waals surface area contributed by atoms with Gasteiger partial charge in [-0.1, -0.05) is 0 Å². The lowest BCUT2D eigenvalue weighted by Gasteiger charge is -2.35. The molecule has 4 N–H and O–H groups in total. The Balaban J connectivity index is 1.90. The number of nitrogens with zero attached hydrogens (tertiary/aromatic N) is 2. The highest BCUT2D eigenvalue weighted by Gasteiger charge is 2.25. The molecule has 2 rings (SSSR count). The van der Waals surface area contributed by atoms with Crippen LogP contribution in [0.2, 0.25) is 0 Å². The molecular formula is C18H27N5O3. The first-order chi connectivity index (χ1) is 12.4. The van der Waals surface area contributed by atoms with Crippen molar-refractivity contribution in [3.8, 4) is 0 Å². The fraction of sp³-hybridized carbons (Fsp3) is 0.500. The number of likely N-dealkylation sites (N-methyl/N-ethyl adjacent to an activating group) is 2. The van der Waals surface area contributed by atoms with Crippen LogP contribution in [0.3, 0.4) is 0 Å². The Morgan fingerprint density at radius 1 is 1.23 bits per heavy atom. The minimum atomic E-state index is -0.391. The summed E-state index contributed by atoms with van der Waals surface area (Å²) in [6.45, 7) is 1.65. The molecule has 26 heavy (non-hydrogen) atoms. The Bertz CT molecular complexity index is 647. The van der Waals surface area contributed by atoms with Crippen molar-refractivity contribution >= 4 is 23.4 Å². The van der Waals surface area contributed by atoms with Crippen LogP contribution in [0.5, 0.6) is 0 Å². The van der Waals surface area contributed by atoms with E-state index in [1.165, 1.54) is 0 Å². The standard InChI is InChI=1S/C18H27N5O3/c1-22-9-3-4-15(12-22)23(2)18(26)13-5-7-14(8-6-13)21-17(25)11-20-16(24)10-19/h5-8,15H,3-4,9-12,19H2,1-2H3,(H,20,24)(H,21,25). The number of piperidine rings is 1. The summed E-state index contributed by atoms with van der Waals surface area (Å²) < 4.78 is 0. The monoisotopic (exact) mass is 361 g/mol. The molecule has 1 atom stereocenters. The number of benzene rings is 1. The second kappa shape index (κ2) is 9.30. The molecule has 0 aromatic heterocycles. The maximum Gasteiger partial charge on any atom is 0.253 e. The van der Waals surface area contributed by atoms with Crippen LogP contribution in [0.25, 0.3) is 0 Å². The largest absolute Gasteiger partial charge is 0.346 e. The van der Waals surface area contributed by atoms with Gasteiger partial charge in [-0.25, -0.2) is 0 Å². The van der Waals surface area contributed by atoms with Crippen LogP contribution in [-0.4, -0.2) is 73.8 Å². The lowest BCUT2D eigenvalue weighted by atomic mass is 10.0. The summed E-state index contributed by atoms with van der Waals surface area (Å²) in [4.78, 5) is 39.5. The zero-order chi connectivity index (χ0) is 19.1. The molecule has 0 radical (unpaired) electrons. The molecule has 0 aliphatic carbocycles. The van der Waals surface area contributed by atoms with Gasteiger partial charge in [0.25, 0.3) is 5.91 Å². The number of amides is 3. The van der Waals surface area contributed by atoms with E-state index in [1.807, 2.05) is 7.05 Å². The SMILES string of the molecule is CN1CCCC(N(C)C(=O)c2ccc(NC(=O)CNC(=O)CN)cc2)C1. The van der Waals surface area contributed by atoms with Gasteiger partial charge in [0, 0.05) is 30.9 Å². The van der Waals surface area contributed by atoms with Gasteiger partial charge in [0.1, 0.15) is 0 Å². The van der Waals surface area contributed by atoms with Crippen molar-refractivity contribution in [1.29, 1.82) is 0 Å². The van der Waals surface area contributed by atoms with Gasteiger partial charge in [-0.15, -0.1) is 0 Å². The number of nitrogens with one attached hydrogen (secondary N) is 2. The first kappa shape index (κ1) is 19.9. The molecular weight excluding hydrogens is 334 g/mol. The van der Waals surface area contributed by atoms with Gasteiger partial charge in [-0.2, -0.15) is 0 Å². The fourth-order valence-electron chi connectivity index (χ4n) is 2.98. The summed E-state index contributed by atoms with van der Waals surface area (Å²) in [5.41, 5.74) is 6.30. The van der Waals surface area contributed by atoms with Crippen molar-refractivity contribution in [2.24, 2.45) is 5.73 Å². The molecule has 8 heteroatoms. The molecule has 0 bridgehead atoms. The van der Waals surface area contributed by atoms with Crippen molar-refractivity contribution in [2.75, 3.05) is 45.6 Å². The minimum Gasteiger partial charge on any atom is -0.346 e. The van der Waals surface area contributed by atoms with Crippen LogP contribution < -0.4 is 16.4 Å². The van der Waals surface area contributed by atoms with Gasteiger partial charge < -0.3 is 26.2 Å². The van der Waals surface area contributed by atoms with Gasteiger partial charge >= 0.3 is 0 Å². The van der Waals surface area contributed by atoms with E-state index >= 15 is 0 Å². The highest BCUT2D eigenvalue weighted by Crippen LogP contribution is 2.17. The van der Waals surface area contributed by atoms with Crippen LogP contribution >= 0.6 is 0 Å². The second-order valence-electron chi connectivity index (χ2n) is 6.58. The molecule has 1 aromatic rings. The highest BCUT2D eigenvalue weighted by molar-refractivity contribution is 5.97. The van der Waals surface area contributed by atoms with E-state index in [2.05, 4.69) is 22.6 Å². The predicted molar refractivity (Wildman–Crippen MR) is 99.7 cm³/mol. The lowest BCUT2D eigenvalue weighted by Crippen LogP contribution is -2.47. The van der Waals surface area contributed by atoms with Crippen molar-refractivity contribution in [3.63, 3.8) is 0 Å². The third-order valence-electron chi connectivity index (χ3n) is 4.51. The molecule has 1 aromatic carbocycles. The summed E-state index contributed by atoms with van der Waals surface area (Å²) in [5, 5.41) is 5.06. The number of hydrogen-bond acceptors (Lipinski definition) is 5. The smallest absolute Gasteiger partial charge is 0.253 e. The molecule has 8 nitrogen and oxygen atoms in total. The van der Waals surface area contributed by atoms with Crippen LogP contribution in [0.1, 0.15) is 23.2 Å². The summed E-state index contributed by atoms with van der Waals surface area (Å²) in [6, 6.07) is 6.96. The average molecular weight is 361 g/mol. The Morgan fingerprint density at radius 2 is 1.92 bits per heavy atom. The number of carbonyl (C=O) groups excluding carboxylic acids is 3. The Morgan fingerprint density at radius 3 is 2.54 bits per heavy atom. The van der Waals surface area contributed by atoms with Crippen LogP contribution in [0, 0.1) is 0 Å². The third kappa shape index (κ3) is 5.53. The summed E-state index contributed by atoms with van der Waals surface area (Å²) >= 11 is 0. The second-order valence-corrected chi connectivity index (χ2v) is 6.58. The molecule has 0 spiro atoms. The van der Waals surface area contributed by atoms with E-state index in [0.29, 0.717) is 11.3 Å². The average Bonchev–Trinajstić information content (AvgIpc) is 2.65. The lowest BCUT2D eigenvalue weighted by molar-refractivity contribution is -0.123. The minimum absolute atomic E-state index is 0.0293. The van der Waals surface area contributed by atoms with E-state index in [-0.39, 0.29) is 30.9 Å². The topological polar surface area (TPSA) is 108 Å². The fourth-order valence-corrected chi connectivity index (χ4v) is 2.98. The van der Waals surface area contributed by atoms with E-state index in [4.69, 9.17) is 5.73 Å². The number of hydrogen-bond donors (Lipinski definition) is 3. The summed E-state index contributed by atoms with van der Waals surface area (Å²) in [5.74, 6) is -0.774. The number of rotatable bonds is 6. The van der Waals surface area contributed by atoms with E-state index in [0.717, 1.165) is 25.9 Å². The number of carbonyl (C=O) groups is 3. The summed E-state index contributed by atoms with van der Waals surface area (Å²) in [6.07, 6.45) is 2.10. The van der Waals surface area contributed by atoms with Gasteiger partial charge in [0.15, 0.2) is 0 Å². The molecule has 1 aliphatic rings. The van der Waals surface area contributed by atoms with Crippen molar-refractivity contribution < 1.29 is 14.4 Å². The van der Waals surface area contributed by atoms with Crippen LogP contribution in [0.4, 0.5) is 5.69 Å². The maximum atomic E-state index is 12.7. The molecule has 142 valence electrons. The van der Waals surface area contributed by atoms with Crippen molar-refractivity contribution in [1.82, 2.24) is 15.1 Å². The molecule has 0 saturated carbocycles. The molecule has 1 heterocycles. The zero-order valence-corrected chi connectivity index (χ0v) is 15.3. The molecule has 1 fully saturated rings. The Labute approximate surface area is 153 Å². The highest BCUT2D eigenvalue weighted by atomic mass is 16.2.